The molecule has 0 saturated heterocycles. The van der Waals surface area contributed by atoms with E-state index in [1.54, 1.807) is 0 Å². The maximum atomic E-state index is 3.33. The fourth-order valence-corrected chi connectivity index (χ4v) is 3.85. The summed E-state index contributed by atoms with van der Waals surface area (Å²) in [7, 11) is 0. The molecule has 0 N–H and O–H groups in total. The molecule has 6 rings (SSSR count). The molecule has 0 aromatic heterocycles. The van der Waals surface area contributed by atoms with Gasteiger partial charge in [0.05, 0.1) is 0 Å². The van der Waals surface area contributed by atoms with Gasteiger partial charge in [-0.25, -0.2) is 0 Å². The first kappa shape index (κ1) is 23.5. The number of allylic oxidation sites excluding steroid dienone is 1. The summed E-state index contributed by atoms with van der Waals surface area (Å²) in [6, 6.07) is 32.1. The molecule has 0 unspecified atom stereocenters. The number of halogens is 2. The van der Waals surface area contributed by atoms with Crippen molar-refractivity contribution in [2.75, 3.05) is 0 Å². The van der Waals surface area contributed by atoms with E-state index in [9.17, 15) is 0 Å². The maximum absolute atomic E-state index is 3.33. The Hall–Kier alpha value is -1.79. The van der Waals surface area contributed by atoms with Crippen molar-refractivity contribution in [3.05, 3.63) is 114 Å². The second-order valence-electron chi connectivity index (χ2n) is 6.68. The van der Waals surface area contributed by atoms with Gasteiger partial charge in [-0.1, -0.05) is 54.3 Å². The Morgan fingerprint density at radius 2 is 1.38 bits per heavy atom. The second kappa shape index (κ2) is 10.3. The van der Waals surface area contributed by atoms with Crippen LogP contribution in [0.2, 0.25) is 0 Å². The number of rotatable bonds is 0. The van der Waals surface area contributed by atoms with Crippen molar-refractivity contribution < 1.29 is 51.0 Å². The molecule has 0 spiro atoms. The molecule has 140 valence electrons. The van der Waals surface area contributed by atoms with Gasteiger partial charge < -0.3 is 24.8 Å². The van der Waals surface area contributed by atoms with Crippen molar-refractivity contribution in [3.63, 3.8) is 0 Å². The van der Waals surface area contributed by atoms with Gasteiger partial charge in [-0.2, -0.15) is 41.3 Å². The van der Waals surface area contributed by atoms with Crippen molar-refractivity contribution in [1.82, 2.24) is 0 Å². The van der Waals surface area contributed by atoms with Crippen LogP contribution >= 0.6 is 0 Å². The largest absolute Gasteiger partial charge is 4.00 e. The fraction of sp³-hybridized carbons (Fsp3) is 0.0385. The molecule has 0 amide bonds. The molecular weight excluding hydrogens is 474 g/mol. The monoisotopic (exact) mass is 490 g/mol. The van der Waals surface area contributed by atoms with Gasteiger partial charge in [-0.3, -0.25) is 0 Å². The third-order valence-corrected chi connectivity index (χ3v) is 5.13. The first-order valence-electron chi connectivity index (χ1n) is 9.02. The van der Waals surface area contributed by atoms with E-state index in [4.69, 9.17) is 0 Å². The van der Waals surface area contributed by atoms with Gasteiger partial charge in [-0.05, 0) is 16.2 Å². The van der Waals surface area contributed by atoms with E-state index in [1.165, 1.54) is 43.4 Å². The van der Waals surface area contributed by atoms with Crippen LogP contribution in [0.15, 0.2) is 97.1 Å². The SMILES string of the molecule is [C-]1=CCc2c1ccc1ccc3ccccc3c21.[Cl-].[Cl-].[Zr+4].c1ccc2[cH-]ccc2c1. The average Bonchev–Trinajstić information content (AvgIpc) is 3.37. The standard InChI is InChI=1S/C17H11.C9H7.2ClH.Zr/c1-2-6-15-12(4-1)8-10-14-11-9-13-5-3-7-16(13)17(14)15;1-2-5-9-7-3-6-8(9)4-1;;;/h1-4,6,8-11H,7H2;1-7H;2*1H;/q2*-1;;;+4/p-2. The van der Waals surface area contributed by atoms with Crippen molar-refractivity contribution in [2.24, 2.45) is 0 Å². The van der Waals surface area contributed by atoms with Crippen LogP contribution in [0.1, 0.15) is 11.1 Å². The minimum Gasteiger partial charge on any atom is -1.00 e. The smallest absolute Gasteiger partial charge is 1.00 e. The maximum Gasteiger partial charge on any atom is 4.00 e. The quantitative estimate of drug-likeness (QED) is 0.222. The molecular formula is C26H18Cl2Zr. The van der Waals surface area contributed by atoms with Crippen LogP contribution in [-0.2, 0) is 32.6 Å². The number of fused-ring (bicyclic) bond motifs is 6. The predicted molar refractivity (Wildman–Crippen MR) is 112 cm³/mol. The number of hydrogen-bond donors (Lipinski definition) is 0. The molecule has 0 radical (unpaired) electrons. The second-order valence-corrected chi connectivity index (χ2v) is 6.68. The van der Waals surface area contributed by atoms with Gasteiger partial charge >= 0.3 is 26.2 Å². The Morgan fingerprint density at radius 3 is 2.21 bits per heavy atom. The molecule has 0 fully saturated rings. The Kier molecular flexibility index (Phi) is 8.35. The summed E-state index contributed by atoms with van der Waals surface area (Å²) in [5, 5.41) is 8.08. The van der Waals surface area contributed by atoms with Crippen molar-refractivity contribution in [1.29, 1.82) is 0 Å². The molecule has 3 heteroatoms. The molecule has 29 heavy (non-hydrogen) atoms. The van der Waals surface area contributed by atoms with Gasteiger partial charge in [0.1, 0.15) is 0 Å². The Bertz CT molecular complexity index is 1240. The zero-order valence-corrected chi connectivity index (χ0v) is 19.7. The van der Waals surface area contributed by atoms with E-state index in [2.05, 4.69) is 103 Å². The van der Waals surface area contributed by atoms with Crippen molar-refractivity contribution >= 4 is 32.3 Å². The Labute approximate surface area is 202 Å². The van der Waals surface area contributed by atoms with E-state index in [-0.39, 0.29) is 51.0 Å². The van der Waals surface area contributed by atoms with E-state index in [0.717, 1.165) is 6.42 Å². The zero-order valence-electron chi connectivity index (χ0n) is 15.7. The molecule has 0 aliphatic heterocycles. The van der Waals surface area contributed by atoms with E-state index in [1.807, 2.05) is 0 Å². The van der Waals surface area contributed by atoms with E-state index >= 15 is 0 Å². The molecule has 1 aliphatic carbocycles. The first-order valence-corrected chi connectivity index (χ1v) is 9.02. The van der Waals surface area contributed by atoms with Crippen LogP contribution in [0, 0.1) is 6.08 Å². The zero-order chi connectivity index (χ0) is 17.3. The first-order chi connectivity index (χ1) is 12.9. The summed E-state index contributed by atoms with van der Waals surface area (Å²) in [5.74, 6) is 0. The van der Waals surface area contributed by atoms with Crippen molar-refractivity contribution in [2.45, 2.75) is 6.42 Å². The third-order valence-electron chi connectivity index (χ3n) is 5.13. The fourth-order valence-electron chi connectivity index (χ4n) is 3.85. The molecule has 0 bridgehead atoms. The van der Waals surface area contributed by atoms with Crippen molar-refractivity contribution in [3.8, 4) is 0 Å². The Morgan fingerprint density at radius 1 is 0.690 bits per heavy atom. The van der Waals surface area contributed by atoms with Crippen LogP contribution in [0.25, 0.3) is 32.3 Å². The van der Waals surface area contributed by atoms with Gasteiger partial charge in [-0.15, -0.1) is 41.3 Å². The predicted octanol–water partition coefficient (Wildman–Crippen LogP) is 0.821. The summed E-state index contributed by atoms with van der Waals surface area (Å²) in [6.07, 6.45) is 6.48. The molecule has 0 heterocycles. The van der Waals surface area contributed by atoms with Gasteiger partial charge in [0.2, 0.25) is 0 Å². The van der Waals surface area contributed by atoms with E-state index in [0.29, 0.717) is 0 Å². The minimum absolute atomic E-state index is 0. The number of benzene rings is 4. The molecule has 1 aliphatic rings. The summed E-state index contributed by atoms with van der Waals surface area (Å²) < 4.78 is 0. The minimum atomic E-state index is 0. The Balaban J connectivity index is 0.000000217. The molecule has 5 aromatic rings. The molecule has 0 atom stereocenters. The van der Waals surface area contributed by atoms with Crippen LogP contribution < -0.4 is 24.8 Å². The van der Waals surface area contributed by atoms with Gasteiger partial charge in [0.15, 0.2) is 0 Å². The normalized spacial score (nSPS) is 11.0. The molecule has 0 nitrogen and oxygen atoms in total. The third kappa shape index (κ3) is 4.54. The summed E-state index contributed by atoms with van der Waals surface area (Å²) >= 11 is 0. The molecule has 0 saturated carbocycles. The number of hydrogen-bond acceptors (Lipinski definition) is 0. The van der Waals surface area contributed by atoms with E-state index < -0.39 is 0 Å². The van der Waals surface area contributed by atoms with Crippen LogP contribution in [-0.4, -0.2) is 0 Å². The average molecular weight is 493 g/mol. The summed E-state index contributed by atoms with van der Waals surface area (Å²) in [6.45, 7) is 0. The van der Waals surface area contributed by atoms with Crippen LogP contribution in [0.3, 0.4) is 0 Å². The van der Waals surface area contributed by atoms with Gasteiger partial charge in [0, 0.05) is 0 Å². The van der Waals surface area contributed by atoms with Gasteiger partial charge in [0.25, 0.3) is 0 Å². The van der Waals surface area contributed by atoms with Crippen LogP contribution in [0.4, 0.5) is 0 Å². The molecule has 5 aromatic carbocycles. The van der Waals surface area contributed by atoms with Crippen LogP contribution in [0.5, 0.6) is 0 Å². The topological polar surface area (TPSA) is 0 Å². The summed E-state index contributed by atoms with van der Waals surface area (Å²) in [5.41, 5.74) is 2.69. The summed E-state index contributed by atoms with van der Waals surface area (Å²) in [4.78, 5) is 0.